The van der Waals surface area contributed by atoms with Crippen molar-refractivity contribution >= 4 is 23.9 Å². The van der Waals surface area contributed by atoms with Gasteiger partial charge in [-0.05, 0) is 12.1 Å². The molecule has 0 unspecified atom stereocenters. The van der Waals surface area contributed by atoms with Crippen molar-refractivity contribution in [3.8, 4) is 0 Å². The van der Waals surface area contributed by atoms with Gasteiger partial charge in [-0.15, -0.1) is 0 Å². The summed E-state index contributed by atoms with van der Waals surface area (Å²) in [7, 11) is 0. The smallest absolute Gasteiger partial charge is 0.336 e. The average molecular weight is 298 g/mol. The number of aromatic carboxylic acids is 2. The number of nitrogens with two attached hydrogens (primary N) is 2. The summed E-state index contributed by atoms with van der Waals surface area (Å²) < 4.78 is 0. The minimum atomic E-state index is -1.23. The third-order valence-corrected chi connectivity index (χ3v) is 1.56. The average Bonchev–Trinajstić information content (AvgIpc) is 2.38. The zero-order chi connectivity index (χ0) is 17.0. The molecule has 9 nitrogen and oxygen atoms in total. The summed E-state index contributed by atoms with van der Waals surface area (Å²) in [5.74, 6) is -3.44. The minimum Gasteiger partial charge on any atom is -0.478 e. The molecule has 114 valence electrons. The van der Waals surface area contributed by atoms with E-state index in [1.807, 2.05) is 0 Å². The lowest BCUT2D eigenvalue weighted by Gasteiger charge is -1.98. The Labute approximate surface area is 119 Å². The number of primary amides is 2. The standard InChI is InChI=1S/C8H6O4.C3H4O2.CH4N2O/c9-7(10)5-3-1-2-4-6(5)8(11)12;1-2-3(4)5;2-1(3)4/h1-4H,(H,9,10)(H,11,12);2H,1H2,(H,4,5);(H4,2,3,4). The zero-order valence-electron chi connectivity index (χ0n) is 10.7. The Morgan fingerprint density at radius 3 is 1.29 bits per heavy atom. The first-order valence-electron chi connectivity index (χ1n) is 5.09. The summed E-state index contributed by atoms with van der Waals surface area (Å²) in [5, 5.41) is 24.7. The van der Waals surface area contributed by atoms with Crippen molar-refractivity contribution in [1.29, 1.82) is 0 Å². The number of carbonyl (C=O) groups is 4. The lowest BCUT2D eigenvalue weighted by molar-refractivity contribution is -0.131. The molecule has 21 heavy (non-hydrogen) atoms. The lowest BCUT2D eigenvalue weighted by atomic mass is 10.1. The minimum absolute atomic E-state index is 0.190. The van der Waals surface area contributed by atoms with E-state index >= 15 is 0 Å². The van der Waals surface area contributed by atoms with Crippen molar-refractivity contribution in [3.63, 3.8) is 0 Å². The van der Waals surface area contributed by atoms with Gasteiger partial charge < -0.3 is 26.8 Å². The van der Waals surface area contributed by atoms with Crippen LogP contribution in [0, 0.1) is 0 Å². The molecule has 0 saturated carbocycles. The predicted molar refractivity (Wildman–Crippen MR) is 72.0 cm³/mol. The first-order valence-corrected chi connectivity index (χ1v) is 5.09. The summed E-state index contributed by atoms with van der Waals surface area (Å²) in [6.45, 7) is 2.96. The van der Waals surface area contributed by atoms with E-state index in [1.54, 1.807) is 0 Å². The first-order chi connectivity index (χ1) is 9.63. The molecule has 0 bridgehead atoms. The normalized spacial score (nSPS) is 8.00. The second-order valence-corrected chi connectivity index (χ2v) is 3.10. The number of aliphatic carboxylic acids is 1. The van der Waals surface area contributed by atoms with Crippen LogP contribution in [0.25, 0.3) is 0 Å². The van der Waals surface area contributed by atoms with Crippen molar-refractivity contribution in [2.75, 3.05) is 0 Å². The zero-order valence-corrected chi connectivity index (χ0v) is 10.7. The number of rotatable bonds is 3. The van der Waals surface area contributed by atoms with Crippen LogP contribution in [0.15, 0.2) is 36.9 Å². The Morgan fingerprint density at radius 2 is 1.14 bits per heavy atom. The van der Waals surface area contributed by atoms with E-state index in [4.69, 9.17) is 20.1 Å². The molecule has 0 heterocycles. The topological polar surface area (TPSA) is 181 Å². The maximum atomic E-state index is 10.5. The van der Waals surface area contributed by atoms with Crippen molar-refractivity contribution in [2.45, 2.75) is 0 Å². The quantitative estimate of drug-likeness (QED) is 0.499. The third kappa shape index (κ3) is 11.5. The number of carbonyl (C=O) groups excluding carboxylic acids is 1. The van der Waals surface area contributed by atoms with Gasteiger partial charge in [0.2, 0.25) is 0 Å². The fourth-order valence-electron chi connectivity index (χ4n) is 0.856. The summed E-state index contributed by atoms with van der Waals surface area (Å²) in [4.78, 5) is 39.2. The van der Waals surface area contributed by atoms with Crippen LogP contribution >= 0.6 is 0 Å². The second-order valence-electron chi connectivity index (χ2n) is 3.10. The van der Waals surface area contributed by atoms with Gasteiger partial charge in [-0.1, -0.05) is 18.7 Å². The number of hydrogen-bond acceptors (Lipinski definition) is 4. The molecule has 1 rings (SSSR count). The fourth-order valence-corrected chi connectivity index (χ4v) is 0.856. The summed E-state index contributed by atoms with van der Waals surface area (Å²) >= 11 is 0. The van der Waals surface area contributed by atoms with Crippen molar-refractivity contribution in [1.82, 2.24) is 0 Å². The highest BCUT2D eigenvalue weighted by Crippen LogP contribution is 2.07. The highest BCUT2D eigenvalue weighted by atomic mass is 16.4. The van der Waals surface area contributed by atoms with E-state index in [9.17, 15) is 14.4 Å². The van der Waals surface area contributed by atoms with Gasteiger partial charge in [0, 0.05) is 6.08 Å². The molecule has 0 aliphatic rings. The highest BCUT2D eigenvalue weighted by molar-refractivity contribution is 6.01. The first kappa shape index (κ1) is 20.0. The highest BCUT2D eigenvalue weighted by Gasteiger charge is 2.13. The molecular weight excluding hydrogens is 284 g/mol. The Morgan fingerprint density at radius 1 is 0.905 bits per heavy atom. The van der Waals surface area contributed by atoms with E-state index in [0.29, 0.717) is 0 Å². The van der Waals surface area contributed by atoms with E-state index in [1.165, 1.54) is 24.3 Å². The fraction of sp³-hybridized carbons (Fsp3) is 0. The molecule has 7 N–H and O–H groups in total. The number of hydrogen-bond donors (Lipinski definition) is 5. The molecule has 0 atom stereocenters. The Hall–Kier alpha value is -3.36. The van der Waals surface area contributed by atoms with Crippen molar-refractivity contribution in [2.24, 2.45) is 11.5 Å². The maximum absolute atomic E-state index is 10.5. The van der Waals surface area contributed by atoms with Crippen molar-refractivity contribution in [3.05, 3.63) is 48.0 Å². The van der Waals surface area contributed by atoms with Crippen molar-refractivity contribution < 1.29 is 34.5 Å². The molecule has 0 radical (unpaired) electrons. The monoisotopic (exact) mass is 298 g/mol. The molecule has 9 heteroatoms. The SMILES string of the molecule is C=CC(=O)O.NC(N)=O.O=C(O)c1ccccc1C(=O)O. The van der Waals surface area contributed by atoms with Crippen LogP contribution in [0.3, 0.4) is 0 Å². The molecular formula is C12H14N2O7. The molecule has 0 aromatic heterocycles. The van der Waals surface area contributed by atoms with Gasteiger partial charge in [0.15, 0.2) is 0 Å². The van der Waals surface area contributed by atoms with Gasteiger partial charge >= 0.3 is 23.9 Å². The van der Waals surface area contributed by atoms with Crippen LogP contribution in [0.2, 0.25) is 0 Å². The molecule has 0 fully saturated rings. The predicted octanol–water partition coefficient (Wildman–Crippen LogP) is 0.364. The molecule has 0 saturated heterocycles. The number of amides is 2. The van der Waals surface area contributed by atoms with E-state index in [-0.39, 0.29) is 11.1 Å². The lowest BCUT2D eigenvalue weighted by Crippen LogP contribution is -2.18. The van der Waals surface area contributed by atoms with E-state index in [0.717, 1.165) is 6.08 Å². The van der Waals surface area contributed by atoms with Crippen LogP contribution in [0.4, 0.5) is 4.79 Å². The van der Waals surface area contributed by atoms with Crippen LogP contribution < -0.4 is 11.5 Å². The summed E-state index contributed by atoms with van der Waals surface area (Å²) in [6.07, 6.45) is 0.833. The molecule has 2 amide bonds. The Kier molecular flexibility index (Phi) is 10.0. The van der Waals surface area contributed by atoms with Crippen LogP contribution in [0.5, 0.6) is 0 Å². The van der Waals surface area contributed by atoms with Gasteiger partial charge in [-0.25, -0.2) is 19.2 Å². The molecule has 0 aliphatic heterocycles. The van der Waals surface area contributed by atoms with E-state index < -0.39 is 23.9 Å². The van der Waals surface area contributed by atoms with Crippen LogP contribution in [-0.4, -0.2) is 39.3 Å². The largest absolute Gasteiger partial charge is 0.478 e. The van der Waals surface area contributed by atoms with Gasteiger partial charge in [-0.3, -0.25) is 0 Å². The molecule has 0 spiro atoms. The van der Waals surface area contributed by atoms with Gasteiger partial charge in [0.25, 0.3) is 0 Å². The molecule has 1 aromatic carbocycles. The van der Waals surface area contributed by atoms with Crippen LogP contribution in [0.1, 0.15) is 20.7 Å². The number of carboxylic acid groups (broad SMARTS) is 3. The Balaban J connectivity index is 0. The van der Waals surface area contributed by atoms with E-state index in [2.05, 4.69) is 18.0 Å². The van der Waals surface area contributed by atoms with Gasteiger partial charge in [0.05, 0.1) is 11.1 Å². The number of benzene rings is 1. The number of urea groups is 1. The van der Waals surface area contributed by atoms with Crippen LogP contribution in [-0.2, 0) is 4.79 Å². The number of carboxylic acids is 3. The second kappa shape index (κ2) is 10.6. The maximum Gasteiger partial charge on any atom is 0.336 e. The summed E-state index contributed by atoms with van der Waals surface area (Å²) in [5.41, 5.74) is 8.12. The van der Waals surface area contributed by atoms with Gasteiger partial charge in [0.1, 0.15) is 0 Å². The molecule has 0 aliphatic carbocycles. The molecule has 1 aromatic rings. The van der Waals surface area contributed by atoms with Gasteiger partial charge in [-0.2, -0.15) is 0 Å². The third-order valence-electron chi connectivity index (χ3n) is 1.56. The summed E-state index contributed by atoms with van der Waals surface area (Å²) in [6, 6.07) is 4.64. The Bertz CT molecular complexity index is 503.